The number of pyridine rings is 10. The number of methoxy groups -OCH3 is 2. The van der Waals surface area contributed by atoms with Crippen molar-refractivity contribution in [3.8, 4) is 141 Å². The molecular weight excluding hydrogens is 1800 g/mol. The summed E-state index contributed by atoms with van der Waals surface area (Å²) in [4.78, 5) is 21.6. The monoisotopic (exact) mass is 1870 g/mol. The van der Waals surface area contributed by atoms with E-state index < -0.39 is 75.4 Å². The Bertz CT molecular complexity index is 8010. The highest BCUT2D eigenvalue weighted by Gasteiger charge is 2.32. The maximum Gasteiger partial charge on any atom is 0.257 e. The van der Waals surface area contributed by atoms with E-state index in [9.17, 15) is 83.8 Å². The molecule has 20 aromatic rings. The predicted molar refractivity (Wildman–Crippen MR) is 492 cm³/mol. The average Bonchev–Trinajstić information content (AvgIpc) is 1.28. The molecule has 0 aliphatic carbocycles. The Morgan fingerprint density at radius 3 is 0.913 bits per heavy atom. The smallest absolute Gasteiger partial charge is 0.257 e. The molecule has 1 N–H and O–H groups in total. The third kappa shape index (κ3) is 17.9. The third-order valence-corrected chi connectivity index (χ3v) is 22.9. The van der Waals surface area contributed by atoms with Crippen LogP contribution in [0.1, 0.15) is 16.7 Å². The van der Waals surface area contributed by atoms with E-state index in [4.69, 9.17) is 18.9 Å². The Morgan fingerprint density at radius 1 is 0.275 bits per heavy atom. The molecule has 0 spiro atoms. The summed E-state index contributed by atoms with van der Waals surface area (Å²) in [5.41, 5.74) is 10.3. The highest BCUT2D eigenvalue weighted by atomic mass is 19.2. The second-order valence-corrected chi connectivity index (χ2v) is 31.1. The van der Waals surface area contributed by atoms with E-state index in [1.165, 1.54) is 149 Å². The lowest BCUT2D eigenvalue weighted by Gasteiger charge is -2.15. The summed E-state index contributed by atoms with van der Waals surface area (Å²) in [5, 5.41) is 75.1. The van der Waals surface area contributed by atoms with Crippen LogP contribution >= 0.6 is 0 Å². The molecule has 0 radical (unpaired) electrons. The number of phenols is 1. The highest BCUT2D eigenvalue weighted by molar-refractivity contribution is 6.05. The van der Waals surface area contributed by atoms with E-state index in [0.717, 1.165) is 76.1 Å². The van der Waals surface area contributed by atoms with Gasteiger partial charge in [-0.15, -0.1) is 0 Å². The van der Waals surface area contributed by atoms with Crippen molar-refractivity contribution in [2.24, 2.45) is 0 Å². The number of ether oxygens (including phenoxy) is 4. The second-order valence-electron chi connectivity index (χ2n) is 31.1. The minimum Gasteiger partial charge on any atom is -0.618 e. The molecule has 686 valence electrons. The zero-order valence-electron chi connectivity index (χ0n) is 72.7. The first-order chi connectivity index (χ1) is 66.6. The number of hydrogen-bond acceptors (Lipinski definition) is 15. The first kappa shape index (κ1) is 92.0. The molecule has 32 heteroatoms. The lowest BCUT2D eigenvalue weighted by atomic mass is 9.95. The molecule has 0 bridgehead atoms. The quantitative estimate of drug-likeness (QED) is 0.0678. The van der Waals surface area contributed by atoms with Crippen LogP contribution in [0.25, 0.3) is 166 Å². The highest BCUT2D eigenvalue weighted by Crippen LogP contribution is 2.46. The number of halogens is 12. The van der Waals surface area contributed by atoms with E-state index >= 15 is 0 Å². The Kier molecular flexibility index (Phi) is 25.9. The molecule has 21 rings (SSSR count). The molecule has 0 saturated heterocycles. The van der Waals surface area contributed by atoms with Crippen LogP contribution in [-0.2, 0) is 0 Å². The van der Waals surface area contributed by atoms with E-state index in [1.54, 1.807) is 104 Å². The fourth-order valence-electron chi connectivity index (χ4n) is 16.7. The third-order valence-electron chi connectivity index (χ3n) is 22.9. The SMILES string of the molecule is COc1cccc(OC)c1-c1c2nccc(-c3ccc(F)cc3F)c2cc[n+]1[O-].Cc1cc(O)ccc1-c1c2nccc(-c3ccc(F)cc3F)c2cc[n+]1[O-].Cc1cccc(C)c1-c1c2nccc(-c3ccc(F)cc3F)c2cc[n+]1[O-].[O-][n+]1ccc2c(-c3ccc(F)cc3F)ccnc2c1-c1c(F)cccc1F.[O-][n+]1ccc2c(-c3ccc(F)cc3F)ccnc2c1-c1cccc2c1OCO2. The van der Waals surface area contributed by atoms with E-state index in [-0.39, 0.29) is 63.0 Å². The van der Waals surface area contributed by atoms with Gasteiger partial charge in [-0.2, -0.15) is 23.7 Å². The summed E-state index contributed by atoms with van der Waals surface area (Å²) in [6, 6.07) is 56.5. The zero-order chi connectivity index (χ0) is 97.2. The van der Waals surface area contributed by atoms with E-state index in [2.05, 4.69) is 24.9 Å². The van der Waals surface area contributed by atoms with Gasteiger partial charge in [-0.3, -0.25) is 0 Å². The number of rotatable bonds is 12. The summed E-state index contributed by atoms with van der Waals surface area (Å²) >= 11 is 0. The number of aromatic hydroxyl groups is 1. The summed E-state index contributed by atoms with van der Waals surface area (Å²) in [5.74, 6) is -6.79. The summed E-state index contributed by atoms with van der Waals surface area (Å²) in [6.45, 7) is 5.71. The van der Waals surface area contributed by atoms with Gasteiger partial charge in [0.15, 0.2) is 42.5 Å². The van der Waals surface area contributed by atoms with Crippen LogP contribution < -0.4 is 42.6 Å². The molecule has 0 unspecified atom stereocenters. The second kappa shape index (κ2) is 38.8. The molecule has 138 heavy (non-hydrogen) atoms. The lowest BCUT2D eigenvalue weighted by molar-refractivity contribution is -0.592. The molecule has 10 aromatic heterocycles. The number of phenolic OH excluding ortho intramolecular Hbond substituents is 1. The van der Waals surface area contributed by atoms with E-state index in [0.29, 0.717) is 152 Å². The molecule has 1 aliphatic rings. The van der Waals surface area contributed by atoms with Crippen LogP contribution in [0.3, 0.4) is 0 Å². The van der Waals surface area contributed by atoms with Crippen LogP contribution in [0.2, 0.25) is 0 Å². The minimum absolute atomic E-state index is 0.00211. The molecule has 0 saturated carbocycles. The molecule has 0 atom stereocenters. The fraction of sp³-hybridized carbons (Fsp3) is 0.0566. The van der Waals surface area contributed by atoms with Crippen molar-refractivity contribution in [1.82, 2.24) is 24.9 Å². The summed E-state index contributed by atoms with van der Waals surface area (Å²) in [6.07, 6.45) is 13.7. The summed E-state index contributed by atoms with van der Waals surface area (Å²) < 4.78 is 192. The van der Waals surface area contributed by atoms with Gasteiger partial charge in [0.1, 0.15) is 126 Å². The number of nitrogens with zero attached hydrogens (tertiary/aromatic N) is 10. The van der Waals surface area contributed by atoms with Crippen LogP contribution in [0.15, 0.2) is 305 Å². The largest absolute Gasteiger partial charge is 0.618 e. The molecular formula is C106H68F12N10O10. The van der Waals surface area contributed by atoms with Gasteiger partial charge in [-0.05, 0) is 211 Å². The Morgan fingerprint density at radius 2 is 0.572 bits per heavy atom. The van der Waals surface area contributed by atoms with Crippen molar-refractivity contribution in [3.05, 3.63) is 417 Å². The van der Waals surface area contributed by atoms with Crippen LogP contribution in [0.5, 0.6) is 28.7 Å². The fourth-order valence-corrected chi connectivity index (χ4v) is 16.7. The van der Waals surface area contributed by atoms with Crippen molar-refractivity contribution in [3.63, 3.8) is 0 Å². The standard InChI is InChI=1S/C22H16F2N2O3.C22H16F2N2O.C21H12F2N2O3.C21H14F2N2O2.C20H10F4N2O/c1-28-18-4-3-5-19(29-2)20(18)22-21-16(9-11-26(22)27)14(8-10-25-21)15-7-6-13(23)12-17(15)24;1-13-4-3-5-14(2)20(13)22-21-18(9-11-26(22)27)16(8-10-25-21)17-7-6-15(23)12-19(17)24;22-12-4-5-14(17(23)10-12)13-6-8-24-19-15(13)7-9-25(26)20(19)16-2-1-3-18-21(16)28-11-27-18;1-12-10-14(26)3-5-15(12)21-20-18(7-9-25(21)27)16(6-8-24-20)17-4-2-13(22)11-19(17)23;21-11-4-5-13(17(24)10-11)12-6-8-25-19-14(12)7-9-26(27)20(19)18-15(22)2-1-3-16(18)23/h3-12H,1-2H3;3-12H,1-2H3;1-10H,11H2;2-11,26H,1H3;1-10H. The Hall–Kier alpha value is -17.8. The Labute approximate surface area is 775 Å². The number of aryl methyl sites for hydroxylation is 3. The number of fused-ring (bicyclic) bond motifs is 6. The number of para-hydroxylation sites is 1. The molecule has 10 aromatic carbocycles. The summed E-state index contributed by atoms with van der Waals surface area (Å²) in [7, 11) is 2.98. The number of hydrogen-bond donors (Lipinski definition) is 1. The van der Waals surface area contributed by atoms with Gasteiger partial charge in [0.2, 0.25) is 6.79 Å². The first-order valence-corrected chi connectivity index (χ1v) is 41.8. The van der Waals surface area contributed by atoms with Crippen molar-refractivity contribution in [2.75, 3.05) is 21.0 Å². The average molecular weight is 1870 g/mol. The normalized spacial score (nSPS) is 11.3. The molecule has 0 amide bonds. The van der Waals surface area contributed by atoms with Gasteiger partial charge in [0.25, 0.3) is 28.5 Å². The number of benzene rings is 10. The molecule has 1 aliphatic heterocycles. The maximum atomic E-state index is 14.4. The zero-order valence-corrected chi connectivity index (χ0v) is 72.7. The van der Waals surface area contributed by atoms with Gasteiger partial charge in [0, 0.05) is 146 Å². The van der Waals surface area contributed by atoms with Crippen molar-refractivity contribution < 1.29 is 100 Å². The van der Waals surface area contributed by atoms with E-state index in [1.807, 2.05) is 32.0 Å². The van der Waals surface area contributed by atoms with Gasteiger partial charge in [-0.25, -0.2) is 77.6 Å². The van der Waals surface area contributed by atoms with Gasteiger partial charge in [0.05, 0.1) is 30.9 Å². The molecule has 11 heterocycles. The topological polar surface area (TPSA) is 256 Å². The predicted octanol–water partition coefficient (Wildman–Crippen LogP) is 23.1. The van der Waals surface area contributed by atoms with Crippen molar-refractivity contribution >= 4 is 54.5 Å². The van der Waals surface area contributed by atoms with Crippen LogP contribution in [0, 0.1) is 117 Å². The lowest BCUT2D eigenvalue weighted by Crippen LogP contribution is -2.29. The molecule has 0 fully saturated rings. The van der Waals surface area contributed by atoms with Crippen LogP contribution in [-0.4, -0.2) is 51.0 Å². The van der Waals surface area contributed by atoms with Crippen molar-refractivity contribution in [2.45, 2.75) is 20.8 Å². The molecule has 20 nitrogen and oxygen atoms in total. The van der Waals surface area contributed by atoms with Crippen molar-refractivity contribution in [1.29, 1.82) is 0 Å². The maximum absolute atomic E-state index is 14.4. The van der Waals surface area contributed by atoms with Crippen LogP contribution in [0.4, 0.5) is 52.7 Å². The van der Waals surface area contributed by atoms with Gasteiger partial charge >= 0.3 is 0 Å². The number of aromatic nitrogens is 10. The Balaban J connectivity index is 0.000000119. The minimum atomic E-state index is -0.924. The first-order valence-electron chi connectivity index (χ1n) is 41.8. The van der Waals surface area contributed by atoms with Gasteiger partial charge in [-0.1, -0.05) is 36.4 Å². The van der Waals surface area contributed by atoms with Gasteiger partial charge < -0.3 is 50.1 Å².